The molecule has 1 rings (SSSR count). The van der Waals surface area contributed by atoms with Gasteiger partial charge in [0.15, 0.2) is 0 Å². The van der Waals surface area contributed by atoms with E-state index in [0.717, 1.165) is 19.4 Å². The summed E-state index contributed by atoms with van der Waals surface area (Å²) < 4.78 is 0. The first kappa shape index (κ1) is 11.7. The number of hydrogen-bond acceptors (Lipinski definition) is 3. The van der Waals surface area contributed by atoms with Gasteiger partial charge in [-0.1, -0.05) is 6.92 Å². The van der Waals surface area contributed by atoms with Crippen molar-refractivity contribution in [1.29, 1.82) is 5.26 Å². The van der Waals surface area contributed by atoms with E-state index >= 15 is 0 Å². The molecule has 0 fully saturated rings. The summed E-state index contributed by atoms with van der Waals surface area (Å²) in [7, 11) is 2.00. The van der Waals surface area contributed by atoms with Crippen LogP contribution < -0.4 is 0 Å². The predicted molar refractivity (Wildman–Crippen MR) is 60.3 cm³/mol. The van der Waals surface area contributed by atoms with Crippen LogP contribution in [0.3, 0.4) is 0 Å². The number of nitrogens with zero attached hydrogens (tertiary/aromatic N) is 3. The molecule has 1 aromatic rings. The summed E-state index contributed by atoms with van der Waals surface area (Å²) in [6.45, 7) is 2.95. The standard InChI is InChI=1S/C12H17N3/c1-3-12(10-13)15(2)9-6-11-4-7-14-8-5-11/h4-5,7-8,12H,3,6,9H2,1-2H3. The molecule has 0 saturated heterocycles. The Balaban J connectivity index is 2.41. The molecular formula is C12H17N3. The lowest BCUT2D eigenvalue weighted by Gasteiger charge is -2.20. The van der Waals surface area contributed by atoms with E-state index in [1.807, 2.05) is 26.1 Å². The van der Waals surface area contributed by atoms with Gasteiger partial charge < -0.3 is 0 Å². The molecule has 0 N–H and O–H groups in total. The van der Waals surface area contributed by atoms with Crippen molar-refractivity contribution in [3.8, 4) is 6.07 Å². The minimum atomic E-state index is 0.0341. The Morgan fingerprint density at radius 2 is 2.13 bits per heavy atom. The van der Waals surface area contributed by atoms with E-state index < -0.39 is 0 Å². The number of hydrogen-bond donors (Lipinski definition) is 0. The van der Waals surface area contributed by atoms with Crippen LogP contribution in [0.1, 0.15) is 18.9 Å². The first-order valence-corrected chi connectivity index (χ1v) is 5.26. The normalized spacial score (nSPS) is 12.4. The minimum Gasteiger partial charge on any atom is -0.291 e. The van der Waals surface area contributed by atoms with Crippen LogP contribution in [0, 0.1) is 11.3 Å². The zero-order valence-electron chi connectivity index (χ0n) is 9.35. The molecule has 0 saturated carbocycles. The molecule has 3 heteroatoms. The molecular weight excluding hydrogens is 186 g/mol. The second-order valence-electron chi connectivity index (χ2n) is 3.64. The van der Waals surface area contributed by atoms with Crippen molar-refractivity contribution < 1.29 is 0 Å². The monoisotopic (exact) mass is 203 g/mol. The number of rotatable bonds is 5. The molecule has 15 heavy (non-hydrogen) atoms. The van der Waals surface area contributed by atoms with Crippen molar-refractivity contribution in [3.63, 3.8) is 0 Å². The van der Waals surface area contributed by atoms with E-state index in [4.69, 9.17) is 5.26 Å². The van der Waals surface area contributed by atoms with Gasteiger partial charge in [0.05, 0.1) is 12.1 Å². The lowest BCUT2D eigenvalue weighted by Crippen LogP contribution is -2.31. The third kappa shape index (κ3) is 3.69. The Kier molecular flexibility index (Phi) is 4.79. The van der Waals surface area contributed by atoms with Crippen molar-refractivity contribution in [1.82, 2.24) is 9.88 Å². The molecule has 0 aliphatic rings. The second-order valence-corrected chi connectivity index (χ2v) is 3.64. The fraction of sp³-hybridized carbons (Fsp3) is 0.500. The number of pyridine rings is 1. The van der Waals surface area contributed by atoms with Gasteiger partial charge >= 0.3 is 0 Å². The van der Waals surface area contributed by atoms with Crippen LogP contribution in [0.25, 0.3) is 0 Å². The largest absolute Gasteiger partial charge is 0.291 e. The van der Waals surface area contributed by atoms with Gasteiger partial charge in [0.25, 0.3) is 0 Å². The van der Waals surface area contributed by atoms with Crippen LogP contribution in [-0.2, 0) is 6.42 Å². The predicted octanol–water partition coefficient (Wildman–Crippen LogP) is 1.86. The van der Waals surface area contributed by atoms with Gasteiger partial charge in [0.1, 0.15) is 0 Å². The highest BCUT2D eigenvalue weighted by Crippen LogP contribution is 2.03. The van der Waals surface area contributed by atoms with Crippen LogP contribution in [0.15, 0.2) is 24.5 Å². The number of aromatic nitrogens is 1. The van der Waals surface area contributed by atoms with Crippen LogP contribution in [0.4, 0.5) is 0 Å². The summed E-state index contributed by atoms with van der Waals surface area (Å²) in [5.74, 6) is 0. The van der Waals surface area contributed by atoms with Gasteiger partial charge in [-0.3, -0.25) is 9.88 Å². The zero-order valence-corrected chi connectivity index (χ0v) is 9.35. The molecule has 1 unspecified atom stereocenters. The molecule has 0 aliphatic heterocycles. The maximum Gasteiger partial charge on any atom is 0.0972 e. The van der Waals surface area contributed by atoms with E-state index in [1.54, 1.807) is 12.4 Å². The van der Waals surface area contributed by atoms with Gasteiger partial charge in [-0.2, -0.15) is 5.26 Å². The number of nitriles is 1. The summed E-state index contributed by atoms with van der Waals surface area (Å²) in [5, 5.41) is 8.89. The molecule has 0 aliphatic carbocycles. The SMILES string of the molecule is CCC(C#N)N(C)CCc1ccncc1. The summed E-state index contributed by atoms with van der Waals surface area (Å²) in [6, 6.07) is 6.37. The van der Waals surface area contributed by atoms with Gasteiger partial charge in [-0.25, -0.2) is 0 Å². The van der Waals surface area contributed by atoms with E-state index in [1.165, 1.54) is 5.56 Å². The maximum atomic E-state index is 8.89. The number of likely N-dealkylation sites (N-methyl/N-ethyl adjacent to an activating group) is 1. The van der Waals surface area contributed by atoms with Gasteiger partial charge in [-0.15, -0.1) is 0 Å². The van der Waals surface area contributed by atoms with E-state index in [9.17, 15) is 0 Å². The maximum absolute atomic E-state index is 8.89. The van der Waals surface area contributed by atoms with Crippen molar-refractivity contribution in [3.05, 3.63) is 30.1 Å². The van der Waals surface area contributed by atoms with Crippen LogP contribution in [0.2, 0.25) is 0 Å². The van der Waals surface area contributed by atoms with Crippen molar-refractivity contribution in [2.45, 2.75) is 25.8 Å². The Morgan fingerprint density at radius 1 is 1.47 bits per heavy atom. The molecule has 0 spiro atoms. The lowest BCUT2D eigenvalue weighted by molar-refractivity contribution is 0.285. The fourth-order valence-electron chi connectivity index (χ4n) is 1.51. The van der Waals surface area contributed by atoms with Gasteiger partial charge in [0, 0.05) is 18.9 Å². The third-order valence-electron chi connectivity index (χ3n) is 2.57. The molecule has 0 radical (unpaired) electrons. The van der Waals surface area contributed by atoms with E-state index in [-0.39, 0.29) is 6.04 Å². The quantitative estimate of drug-likeness (QED) is 0.733. The molecule has 1 aromatic heterocycles. The Labute approximate surface area is 91.4 Å². The lowest BCUT2D eigenvalue weighted by atomic mass is 10.1. The first-order valence-electron chi connectivity index (χ1n) is 5.26. The summed E-state index contributed by atoms with van der Waals surface area (Å²) in [4.78, 5) is 6.07. The van der Waals surface area contributed by atoms with Crippen molar-refractivity contribution >= 4 is 0 Å². The topological polar surface area (TPSA) is 39.9 Å². The Bertz CT molecular complexity index is 315. The Morgan fingerprint density at radius 3 is 2.67 bits per heavy atom. The van der Waals surface area contributed by atoms with Crippen LogP contribution >= 0.6 is 0 Å². The Hall–Kier alpha value is -1.40. The second kappa shape index (κ2) is 6.15. The molecule has 3 nitrogen and oxygen atoms in total. The van der Waals surface area contributed by atoms with Crippen molar-refractivity contribution in [2.75, 3.05) is 13.6 Å². The van der Waals surface area contributed by atoms with E-state index in [0.29, 0.717) is 0 Å². The summed E-state index contributed by atoms with van der Waals surface area (Å²) in [6.07, 6.45) is 5.45. The van der Waals surface area contributed by atoms with Gasteiger partial charge in [0.2, 0.25) is 0 Å². The smallest absolute Gasteiger partial charge is 0.0972 e. The van der Waals surface area contributed by atoms with Crippen molar-refractivity contribution in [2.24, 2.45) is 0 Å². The average molecular weight is 203 g/mol. The summed E-state index contributed by atoms with van der Waals surface area (Å²) in [5.41, 5.74) is 1.27. The summed E-state index contributed by atoms with van der Waals surface area (Å²) >= 11 is 0. The fourth-order valence-corrected chi connectivity index (χ4v) is 1.51. The molecule has 0 aromatic carbocycles. The molecule has 0 amide bonds. The zero-order chi connectivity index (χ0) is 11.1. The van der Waals surface area contributed by atoms with Crippen LogP contribution in [0.5, 0.6) is 0 Å². The highest BCUT2D eigenvalue weighted by Gasteiger charge is 2.10. The molecule has 1 atom stereocenters. The average Bonchev–Trinajstić information content (AvgIpc) is 2.29. The molecule has 80 valence electrons. The first-order chi connectivity index (χ1) is 7.27. The minimum absolute atomic E-state index is 0.0341. The van der Waals surface area contributed by atoms with E-state index in [2.05, 4.69) is 16.0 Å². The van der Waals surface area contributed by atoms with Gasteiger partial charge in [-0.05, 0) is 37.6 Å². The van der Waals surface area contributed by atoms with Crippen LogP contribution in [-0.4, -0.2) is 29.5 Å². The highest BCUT2D eigenvalue weighted by molar-refractivity contribution is 5.10. The third-order valence-corrected chi connectivity index (χ3v) is 2.57. The highest BCUT2D eigenvalue weighted by atomic mass is 15.1. The molecule has 0 bridgehead atoms. The molecule has 1 heterocycles.